The summed E-state index contributed by atoms with van der Waals surface area (Å²) in [4.78, 5) is 12.8. The van der Waals surface area contributed by atoms with Crippen LogP contribution < -0.4 is 5.73 Å². The number of hydrogen-bond acceptors (Lipinski definition) is 6. The molecule has 176 valence electrons. The Morgan fingerprint density at radius 3 is 2.38 bits per heavy atom. The van der Waals surface area contributed by atoms with Gasteiger partial charge in [0.25, 0.3) is 0 Å². The summed E-state index contributed by atoms with van der Waals surface area (Å²) < 4.78 is 26.6. The van der Waals surface area contributed by atoms with Gasteiger partial charge in [-0.15, -0.1) is 15.0 Å². The minimum absolute atomic E-state index is 0.0110. The predicted molar refractivity (Wildman–Crippen MR) is 129 cm³/mol. The summed E-state index contributed by atoms with van der Waals surface area (Å²) in [5, 5.41) is 20.0. The molecule has 0 fully saturated rings. The van der Waals surface area contributed by atoms with Gasteiger partial charge in [0.15, 0.2) is 0 Å². The number of sulfone groups is 1. The highest BCUT2D eigenvalue weighted by Gasteiger charge is 2.26. The lowest BCUT2D eigenvalue weighted by Gasteiger charge is -2.23. The van der Waals surface area contributed by atoms with Crippen LogP contribution >= 0.6 is 0 Å². The molecule has 3 aromatic carbocycles. The van der Waals surface area contributed by atoms with Crippen molar-refractivity contribution >= 4 is 26.8 Å². The molecule has 0 atom stereocenters. The first-order chi connectivity index (χ1) is 16.0. The SMILES string of the molecule is CC(C)(C)c1cc(CCC(N)=O)cc(-n2nc3cccc(S(=O)(=O)c4ccccc4)c3n2)c1O. The third-order valence-electron chi connectivity index (χ3n) is 5.55. The summed E-state index contributed by atoms with van der Waals surface area (Å²) in [6, 6.07) is 16.4. The second-order valence-electron chi connectivity index (χ2n) is 9.16. The van der Waals surface area contributed by atoms with Crippen molar-refractivity contribution in [2.45, 2.75) is 48.8 Å². The second-order valence-corrected chi connectivity index (χ2v) is 11.1. The number of hydrogen-bond donors (Lipinski definition) is 2. The second kappa shape index (κ2) is 8.57. The third kappa shape index (κ3) is 4.38. The van der Waals surface area contributed by atoms with Gasteiger partial charge in [0, 0.05) is 12.0 Å². The topological polar surface area (TPSA) is 128 Å². The smallest absolute Gasteiger partial charge is 0.217 e. The highest BCUT2D eigenvalue weighted by Crippen LogP contribution is 2.37. The summed E-state index contributed by atoms with van der Waals surface area (Å²) in [5.74, 6) is -0.436. The molecular formula is C25H26N4O4S. The van der Waals surface area contributed by atoms with Gasteiger partial charge in [0.05, 0.1) is 4.90 Å². The number of carbonyl (C=O) groups excluding carboxylic acids is 1. The van der Waals surface area contributed by atoms with Crippen LogP contribution in [0.25, 0.3) is 16.7 Å². The van der Waals surface area contributed by atoms with Crippen LogP contribution in [0.4, 0.5) is 0 Å². The fraction of sp³-hybridized carbons (Fsp3) is 0.240. The fourth-order valence-corrected chi connectivity index (χ4v) is 5.20. The first-order valence-electron chi connectivity index (χ1n) is 10.8. The number of aryl methyl sites for hydroxylation is 1. The molecule has 3 N–H and O–H groups in total. The van der Waals surface area contributed by atoms with Crippen LogP contribution in [0.15, 0.2) is 70.5 Å². The number of nitrogens with zero attached hydrogens (tertiary/aromatic N) is 3. The fourth-order valence-electron chi connectivity index (χ4n) is 3.78. The molecule has 0 saturated heterocycles. The third-order valence-corrected chi connectivity index (χ3v) is 7.35. The van der Waals surface area contributed by atoms with Gasteiger partial charge in [-0.2, -0.15) is 0 Å². The lowest BCUT2D eigenvalue weighted by molar-refractivity contribution is -0.117. The zero-order valence-corrected chi connectivity index (χ0v) is 20.0. The van der Waals surface area contributed by atoms with Gasteiger partial charge in [0.1, 0.15) is 27.4 Å². The van der Waals surface area contributed by atoms with Gasteiger partial charge in [-0.25, -0.2) is 8.42 Å². The van der Waals surface area contributed by atoms with Crippen molar-refractivity contribution < 1.29 is 18.3 Å². The maximum Gasteiger partial charge on any atom is 0.217 e. The molecule has 0 radical (unpaired) electrons. The van der Waals surface area contributed by atoms with Crippen molar-refractivity contribution in [3.05, 3.63) is 71.8 Å². The van der Waals surface area contributed by atoms with E-state index in [-0.39, 0.29) is 27.5 Å². The zero-order chi connectivity index (χ0) is 24.7. The van der Waals surface area contributed by atoms with E-state index in [1.807, 2.05) is 26.8 Å². The number of aromatic hydroxyl groups is 1. The average molecular weight is 479 g/mol. The van der Waals surface area contributed by atoms with Crippen LogP contribution in [0.5, 0.6) is 5.75 Å². The molecule has 0 spiro atoms. The molecule has 0 aliphatic heterocycles. The number of aromatic nitrogens is 3. The number of benzene rings is 3. The van der Waals surface area contributed by atoms with Crippen LogP contribution in [0.1, 0.15) is 38.3 Å². The number of fused-ring (bicyclic) bond motifs is 1. The molecule has 1 heterocycles. The van der Waals surface area contributed by atoms with Crippen molar-refractivity contribution in [3.8, 4) is 11.4 Å². The number of primary amides is 1. The Bertz CT molecular complexity index is 1490. The molecule has 1 amide bonds. The van der Waals surface area contributed by atoms with E-state index in [0.29, 0.717) is 23.2 Å². The Kier molecular flexibility index (Phi) is 5.91. The van der Waals surface area contributed by atoms with Crippen LogP contribution in [0.3, 0.4) is 0 Å². The summed E-state index contributed by atoms with van der Waals surface area (Å²) in [6.45, 7) is 5.88. The van der Waals surface area contributed by atoms with E-state index >= 15 is 0 Å². The molecule has 9 heteroatoms. The van der Waals surface area contributed by atoms with E-state index in [1.165, 1.54) is 23.0 Å². The average Bonchev–Trinajstić information content (AvgIpc) is 3.22. The van der Waals surface area contributed by atoms with Crippen LogP contribution in [-0.4, -0.2) is 34.4 Å². The number of rotatable bonds is 6. The molecule has 0 aliphatic carbocycles. The molecule has 0 aliphatic rings. The van der Waals surface area contributed by atoms with Crippen molar-refractivity contribution in [2.75, 3.05) is 0 Å². The number of amides is 1. The Hall–Kier alpha value is -3.72. The Balaban J connectivity index is 1.90. The van der Waals surface area contributed by atoms with Crippen LogP contribution in [0.2, 0.25) is 0 Å². The van der Waals surface area contributed by atoms with Crippen LogP contribution in [0, 0.1) is 0 Å². The molecule has 4 aromatic rings. The minimum Gasteiger partial charge on any atom is -0.505 e. The lowest BCUT2D eigenvalue weighted by atomic mass is 9.84. The summed E-state index contributed by atoms with van der Waals surface area (Å²) in [6.07, 6.45) is 0.544. The number of phenols is 1. The minimum atomic E-state index is -3.83. The monoisotopic (exact) mass is 478 g/mol. The number of carbonyl (C=O) groups is 1. The molecule has 4 rings (SSSR count). The Labute approximate surface area is 197 Å². The van der Waals surface area contributed by atoms with Crippen molar-refractivity contribution in [3.63, 3.8) is 0 Å². The molecule has 1 aromatic heterocycles. The Morgan fingerprint density at radius 2 is 1.74 bits per heavy atom. The normalized spacial score (nSPS) is 12.2. The zero-order valence-electron chi connectivity index (χ0n) is 19.2. The molecular weight excluding hydrogens is 452 g/mol. The lowest BCUT2D eigenvalue weighted by Crippen LogP contribution is -2.15. The van der Waals surface area contributed by atoms with E-state index in [4.69, 9.17) is 5.73 Å². The van der Waals surface area contributed by atoms with Crippen LogP contribution in [-0.2, 0) is 26.5 Å². The van der Waals surface area contributed by atoms with E-state index in [2.05, 4.69) is 10.2 Å². The van der Waals surface area contributed by atoms with Gasteiger partial charge in [0.2, 0.25) is 15.7 Å². The van der Waals surface area contributed by atoms with Crippen molar-refractivity contribution in [2.24, 2.45) is 5.73 Å². The molecule has 34 heavy (non-hydrogen) atoms. The van der Waals surface area contributed by atoms with Gasteiger partial charge < -0.3 is 10.8 Å². The quantitative estimate of drug-likeness (QED) is 0.435. The van der Waals surface area contributed by atoms with E-state index < -0.39 is 21.2 Å². The number of nitrogens with two attached hydrogens (primary N) is 1. The standard InChI is InChI=1S/C25H26N4O4S/c1-25(2,3)18-14-16(12-13-22(26)30)15-20(24(18)31)29-27-19-10-7-11-21(23(19)28-29)34(32,33)17-8-5-4-6-9-17/h4-11,14-15,31H,12-13H2,1-3H3,(H2,26,30). The van der Waals surface area contributed by atoms with Gasteiger partial charge in [-0.1, -0.05) is 51.1 Å². The maximum atomic E-state index is 13.3. The highest BCUT2D eigenvalue weighted by atomic mass is 32.2. The van der Waals surface area contributed by atoms with E-state index in [1.54, 1.807) is 36.4 Å². The molecule has 0 bridgehead atoms. The number of phenolic OH excluding ortho intramolecular Hbond substituents is 1. The maximum absolute atomic E-state index is 13.3. The molecule has 0 unspecified atom stereocenters. The van der Waals surface area contributed by atoms with Gasteiger partial charge >= 0.3 is 0 Å². The Morgan fingerprint density at radius 1 is 1.03 bits per heavy atom. The first kappa shape index (κ1) is 23.4. The van der Waals surface area contributed by atoms with Gasteiger partial charge in [-0.05, 0) is 47.7 Å². The van der Waals surface area contributed by atoms with Gasteiger partial charge in [-0.3, -0.25) is 4.79 Å². The summed E-state index contributed by atoms with van der Waals surface area (Å²) >= 11 is 0. The van der Waals surface area contributed by atoms with E-state index in [0.717, 1.165) is 5.56 Å². The van der Waals surface area contributed by atoms with Crippen molar-refractivity contribution in [1.29, 1.82) is 0 Å². The van der Waals surface area contributed by atoms with Crippen molar-refractivity contribution in [1.82, 2.24) is 15.0 Å². The molecule has 8 nitrogen and oxygen atoms in total. The van der Waals surface area contributed by atoms with E-state index in [9.17, 15) is 18.3 Å². The molecule has 0 saturated carbocycles. The largest absolute Gasteiger partial charge is 0.505 e. The predicted octanol–water partition coefficient (Wildman–Crippen LogP) is 3.67. The highest BCUT2D eigenvalue weighted by molar-refractivity contribution is 7.91. The summed E-state index contributed by atoms with van der Waals surface area (Å²) in [5.41, 5.74) is 7.23. The summed E-state index contributed by atoms with van der Waals surface area (Å²) in [7, 11) is -3.83. The first-order valence-corrected chi connectivity index (χ1v) is 12.3.